The molecule has 0 aromatic heterocycles. The normalized spacial score (nSPS) is 10.5. The molecule has 64 valence electrons. The van der Waals surface area contributed by atoms with Crippen LogP contribution in [0.15, 0.2) is 12.8 Å². The fraction of sp³-hybridized carbons (Fsp3) is 0.571. The standard InChI is InChI=1S/C7H14N2O2/c1-5-9(6(10)11-8)7(2,3)4/h5H,1,8H2,2-4H3. The largest absolute Gasteiger partial charge is 0.433 e. The van der Waals surface area contributed by atoms with E-state index in [2.05, 4.69) is 11.4 Å². The number of amides is 1. The van der Waals surface area contributed by atoms with Gasteiger partial charge in [0.05, 0.1) is 0 Å². The van der Waals surface area contributed by atoms with Crippen LogP contribution in [0.1, 0.15) is 20.8 Å². The molecule has 0 saturated carbocycles. The van der Waals surface area contributed by atoms with Crippen LogP contribution in [0.4, 0.5) is 4.79 Å². The van der Waals surface area contributed by atoms with Crippen molar-refractivity contribution in [3.05, 3.63) is 12.8 Å². The fourth-order valence-electron chi connectivity index (χ4n) is 0.679. The fourth-order valence-corrected chi connectivity index (χ4v) is 0.679. The van der Waals surface area contributed by atoms with Crippen LogP contribution in [0.3, 0.4) is 0 Å². The average molecular weight is 158 g/mol. The SMILES string of the molecule is C=CN(C(=O)ON)C(C)(C)C. The Morgan fingerprint density at radius 1 is 1.64 bits per heavy atom. The highest BCUT2D eigenvalue weighted by atomic mass is 16.7. The van der Waals surface area contributed by atoms with E-state index >= 15 is 0 Å². The molecule has 0 rings (SSSR count). The van der Waals surface area contributed by atoms with Crippen molar-refractivity contribution in [2.24, 2.45) is 5.90 Å². The second-order valence-electron chi connectivity index (χ2n) is 3.11. The molecule has 0 aromatic rings. The summed E-state index contributed by atoms with van der Waals surface area (Å²) in [6, 6.07) is 0. The molecule has 0 spiro atoms. The number of carbonyl (C=O) groups excluding carboxylic acids is 1. The minimum Gasteiger partial charge on any atom is -0.356 e. The van der Waals surface area contributed by atoms with E-state index < -0.39 is 6.09 Å². The molecular formula is C7H14N2O2. The summed E-state index contributed by atoms with van der Waals surface area (Å²) in [4.78, 5) is 16.3. The Kier molecular flexibility index (Phi) is 3.07. The molecule has 0 unspecified atom stereocenters. The lowest BCUT2D eigenvalue weighted by molar-refractivity contribution is 0.0915. The second-order valence-corrected chi connectivity index (χ2v) is 3.11. The van der Waals surface area contributed by atoms with Crippen LogP contribution in [0.2, 0.25) is 0 Å². The number of nitrogens with two attached hydrogens (primary N) is 1. The predicted octanol–water partition coefficient (Wildman–Crippen LogP) is 1.24. The van der Waals surface area contributed by atoms with Crippen LogP contribution in [0.25, 0.3) is 0 Å². The first-order chi connectivity index (χ1) is 4.93. The molecule has 0 saturated heterocycles. The zero-order valence-corrected chi connectivity index (χ0v) is 7.13. The lowest BCUT2D eigenvalue weighted by Gasteiger charge is -2.30. The van der Waals surface area contributed by atoms with Crippen LogP contribution >= 0.6 is 0 Å². The van der Waals surface area contributed by atoms with Gasteiger partial charge in [0.25, 0.3) is 0 Å². The Morgan fingerprint density at radius 3 is 2.18 bits per heavy atom. The van der Waals surface area contributed by atoms with E-state index in [0.717, 1.165) is 0 Å². The topological polar surface area (TPSA) is 55.6 Å². The van der Waals surface area contributed by atoms with E-state index in [1.165, 1.54) is 11.1 Å². The Bertz CT molecular complexity index is 160. The van der Waals surface area contributed by atoms with Gasteiger partial charge in [-0.25, -0.2) is 4.79 Å². The molecule has 0 heterocycles. The summed E-state index contributed by atoms with van der Waals surface area (Å²) >= 11 is 0. The van der Waals surface area contributed by atoms with Gasteiger partial charge in [0, 0.05) is 11.7 Å². The summed E-state index contributed by atoms with van der Waals surface area (Å²) in [5.41, 5.74) is -0.349. The van der Waals surface area contributed by atoms with Crippen LogP contribution in [-0.4, -0.2) is 16.5 Å². The zero-order chi connectivity index (χ0) is 9.07. The molecule has 4 nitrogen and oxygen atoms in total. The maximum Gasteiger partial charge on any atom is 0.433 e. The van der Waals surface area contributed by atoms with Gasteiger partial charge in [0.2, 0.25) is 0 Å². The first-order valence-electron chi connectivity index (χ1n) is 3.26. The van der Waals surface area contributed by atoms with E-state index in [9.17, 15) is 4.79 Å². The molecule has 11 heavy (non-hydrogen) atoms. The van der Waals surface area contributed by atoms with Crippen molar-refractivity contribution in [1.29, 1.82) is 0 Å². The molecule has 0 aliphatic rings. The summed E-state index contributed by atoms with van der Waals surface area (Å²) in [7, 11) is 0. The van der Waals surface area contributed by atoms with E-state index in [1.807, 2.05) is 20.8 Å². The Hall–Kier alpha value is -1.03. The number of rotatable bonds is 1. The van der Waals surface area contributed by atoms with Gasteiger partial charge in [0.15, 0.2) is 0 Å². The third kappa shape index (κ3) is 2.59. The minimum absolute atomic E-state index is 0.349. The quantitative estimate of drug-likeness (QED) is 0.584. The number of hydrogen-bond acceptors (Lipinski definition) is 3. The third-order valence-electron chi connectivity index (χ3n) is 1.20. The second kappa shape index (κ2) is 3.39. The Morgan fingerprint density at radius 2 is 2.09 bits per heavy atom. The van der Waals surface area contributed by atoms with Gasteiger partial charge in [-0.1, -0.05) is 6.58 Å². The first-order valence-corrected chi connectivity index (χ1v) is 3.26. The number of carbonyl (C=O) groups is 1. The van der Waals surface area contributed by atoms with E-state index in [4.69, 9.17) is 5.90 Å². The highest BCUT2D eigenvalue weighted by Crippen LogP contribution is 2.13. The van der Waals surface area contributed by atoms with Gasteiger partial charge in [-0.2, -0.15) is 5.90 Å². The van der Waals surface area contributed by atoms with Gasteiger partial charge in [-0.05, 0) is 20.8 Å². The molecule has 0 radical (unpaired) electrons. The van der Waals surface area contributed by atoms with Crippen molar-refractivity contribution >= 4 is 6.09 Å². The van der Waals surface area contributed by atoms with Gasteiger partial charge in [0.1, 0.15) is 0 Å². The zero-order valence-electron chi connectivity index (χ0n) is 7.13. The summed E-state index contributed by atoms with van der Waals surface area (Å²) in [6.45, 7) is 9.02. The lowest BCUT2D eigenvalue weighted by atomic mass is 10.1. The predicted molar refractivity (Wildman–Crippen MR) is 42.5 cm³/mol. The van der Waals surface area contributed by atoms with Crippen molar-refractivity contribution in [3.8, 4) is 0 Å². The minimum atomic E-state index is -0.604. The molecule has 0 aliphatic carbocycles. The third-order valence-corrected chi connectivity index (χ3v) is 1.20. The maximum absolute atomic E-state index is 10.9. The molecule has 0 aliphatic heterocycles. The average Bonchev–Trinajstić information content (AvgIpc) is 1.86. The lowest BCUT2D eigenvalue weighted by Crippen LogP contribution is -2.42. The van der Waals surface area contributed by atoms with E-state index in [-0.39, 0.29) is 5.54 Å². The first kappa shape index (κ1) is 9.97. The van der Waals surface area contributed by atoms with Crippen molar-refractivity contribution in [2.45, 2.75) is 26.3 Å². The molecule has 0 atom stereocenters. The smallest absolute Gasteiger partial charge is 0.356 e. The number of nitrogens with zero attached hydrogens (tertiary/aromatic N) is 1. The van der Waals surface area contributed by atoms with Crippen molar-refractivity contribution in [2.75, 3.05) is 0 Å². The molecular weight excluding hydrogens is 144 g/mol. The molecule has 0 aromatic carbocycles. The van der Waals surface area contributed by atoms with Gasteiger partial charge < -0.3 is 4.84 Å². The van der Waals surface area contributed by atoms with Crippen molar-refractivity contribution in [3.63, 3.8) is 0 Å². The van der Waals surface area contributed by atoms with Gasteiger partial charge in [-0.3, -0.25) is 4.90 Å². The molecule has 2 N–H and O–H groups in total. The van der Waals surface area contributed by atoms with Gasteiger partial charge >= 0.3 is 6.09 Å². The van der Waals surface area contributed by atoms with Crippen LogP contribution < -0.4 is 5.90 Å². The summed E-state index contributed by atoms with van der Waals surface area (Å²) in [5, 5.41) is 0. The maximum atomic E-state index is 10.9. The number of hydrogen-bond donors (Lipinski definition) is 1. The molecule has 0 fully saturated rings. The summed E-state index contributed by atoms with van der Waals surface area (Å²) in [6.07, 6.45) is 0.780. The van der Waals surface area contributed by atoms with Crippen molar-refractivity contribution in [1.82, 2.24) is 4.90 Å². The van der Waals surface area contributed by atoms with Crippen LogP contribution in [0.5, 0.6) is 0 Å². The molecule has 4 heteroatoms. The van der Waals surface area contributed by atoms with Crippen LogP contribution in [-0.2, 0) is 4.84 Å². The van der Waals surface area contributed by atoms with E-state index in [1.54, 1.807) is 0 Å². The Balaban J connectivity index is 4.41. The molecule has 0 bridgehead atoms. The van der Waals surface area contributed by atoms with E-state index in [0.29, 0.717) is 0 Å². The van der Waals surface area contributed by atoms with Gasteiger partial charge in [-0.15, -0.1) is 0 Å². The summed E-state index contributed by atoms with van der Waals surface area (Å²) < 4.78 is 0. The monoisotopic (exact) mass is 158 g/mol. The van der Waals surface area contributed by atoms with Crippen molar-refractivity contribution < 1.29 is 9.63 Å². The molecule has 1 amide bonds. The summed E-state index contributed by atoms with van der Waals surface area (Å²) in [5.74, 6) is 4.71. The van der Waals surface area contributed by atoms with Crippen LogP contribution in [0, 0.1) is 0 Å². The highest BCUT2D eigenvalue weighted by Gasteiger charge is 2.24. The highest BCUT2D eigenvalue weighted by molar-refractivity contribution is 5.69. The Labute approximate surface area is 66.6 Å².